The molecule has 0 spiro atoms. The fraction of sp³-hybridized carbons (Fsp3) is 0.750. The normalized spacial score (nSPS) is 16.3. The van der Waals surface area contributed by atoms with Crippen LogP contribution in [0, 0.1) is 0 Å². The van der Waals surface area contributed by atoms with Gasteiger partial charge in [-0.3, -0.25) is 4.99 Å². The summed E-state index contributed by atoms with van der Waals surface area (Å²) in [6.45, 7) is 5.65. The van der Waals surface area contributed by atoms with Gasteiger partial charge >= 0.3 is 0 Å². The zero-order valence-corrected chi connectivity index (χ0v) is 13.8. The maximum Gasteiger partial charge on any atom is 0.191 e. The molecular weight excluding hydrogens is 355 g/mol. The summed E-state index contributed by atoms with van der Waals surface area (Å²) < 4.78 is 2.03. The molecule has 19 heavy (non-hydrogen) atoms. The quantitative estimate of drug-likeness (QED) is 0.487. The number of guanidine groups is 1. The van der Waals surface area contributed by atoms with E-state index >= 15 is 0 Å². The summed E-state index contributed by atoms with van der Waals surface area (Å²) in [5.41, 5.74) is 5.99. The van der Waals surface area contributed by atoms with Gasteiger partial charge in [-0.2, -0.15) is 0 Å². The minimum atomic E-state index is 0. The predicted octanol–water partition coefficient (Wildman–Crippen LogP) is 1.26. The Morgan fingerprint density at radius 1 is 1.37 bits per heavy atom. The SMILES string of the molecule is CCc1nncn1CCN=C(N)N1CCCCC1.I. The number of halogens is 1. The van der Waals surface area contributed by atoms with Crippen molar-refractivity contribution in [3.05, 3.63) is 12.2 Å². The summed E-state index contributed by atoms with van der Waals surface area (Å²) in [5.74, 6) is 1.68. The van der Waals surface area contributed by atoms with E-state index < -0.39 is 0 Å². The average Bonchev–Trinajstić information content (AvgIpc) is 2.87. The van der Waals surface area contributed by atoms with Gasteiger partial charge in [-0.15, -0.1) is 34.2 Å². The summed E-state index contributed by atoms with van der Waals surface area (Å²) in [4.78, 5) is 6.62. The number of aromatic nitrogens is 3. The van der Waals surface area contributed by atoms with Gasteiger partial charge in [-0.1, -0.05) is 6.92 Å². The Hall–Kier alpha value is -0.860. The Kier molecular flexibility index (Phi) is 7.11. The monoisotopic (exact) mass is 378 g/mol. The van der Waals surface area contributed by atoms with Crippen molar-refractivity contribution in [2.75, 3.05) is 19.6 Å². The molecule has 108 valence electrons. The Bertz CT molecular complexity index is 397. The number of piperidine rings is 1. The smallest absolute Gasteiger partial charge is 0.191 e. The summed E-state index contributed by atoms with van der Waals surface area (Å²) in [5, 5.41) is 7.95. The fourth-order valence-corrected chi connectivity index (χ4v) is 2.23. The standard InChI is InChI=1S/C12H22N6.HI/c1-2-11-16-15-10-18(11)9-6-14-12(13)17-7-4-3-5-8-17;/h10H,2-9H2,1H3,(H2,13,14);1H. The number of hydrogen-bond donors (Lipinski definition) is 1. The van der Waals surface area contributed by atoms with Crippen LogP contribution in [0.3, 0.4) is 0 Å². The first-order valence-corrected chi connectivity index (χ1v) is 6.73. The minimum absolute atomic E-state index is 0. The van der Waals surface area contributed by atoms with Crippen LogP contribution in [0.1, 0.15) is 32.0 Å². The van der Waals surface area contributed by atoms with Crippen LogP contribution in [0.2, 0.25) is 0 Å². The highest BCUT2D eigenvalue weighted by Crippen LogP contribution is 2.07. The first-order valence-electron chi connectivity index (χ1n) is 6.73. The number of aryl methyl sites for hydroxylation is 1. The number of hydrogen-bond acceptors (Lipinski definition) is 3. The van der Waals surface area contributed by atoms with Crippen LogP contribution < -0.4 is 5.73 Å². The molecule has 6 nitrogen and oxygen atoms in total. The van der Waals surface area contributed by atoms with Crippen molar-refractivity contribution in [3.8, 4) is 0 Å². The van der Waals surface area contributed by atoms with Gasteiger partial charge in [-0.25, -0.2) is 0 Å². The Labute approximate surface area is 131 Å². The molecule has 1 aliphatic rings. The lowest BCUT2D eigenvalue weighted by atomic mass is 10.1. The van der Waals surface area contributed by atoms with Gasteiger partial charge in [-0.05, 0) is 19.3 Å². The molecule has 1 saturated heterocycles. The van der Waals surface area contributed by atoms with Gasteiger partial charge in [0.25, 0.3) is 0 Å². The van der Waals surface area contributed by atoms with Crippen LogP contribution in [0.4, 0.5) is 0 Å². The van der Waals surface area contributed by atoms with Crippen molar-refractivity contribution >= 4 is 29.9 Å². The summed E-state index contributed by atoms with van der Waals surface area (Å²) in [7, 11) is 0. The van der Waals surface area contributed by atoms with Crippen LogP contribution in [0.5, 0.6) is 0 Å². The maximum absolute atomic E-state index is 5.99. The molecule has 0 bridgehead atoms. The van der Waals surface area contributed by atoms with Crippen molar-refractivity contribution in [1.82, 2.24) is 19.7 Å². The van der Waals surface area contributed by atoms with Crippen molar-refractivity contribution in [2.45, 2.75) is 39.2 Å². The van der Waals surface area contributed by atoms with Gasteiger partial charge in [0.05, 0.1) is 6.54 Å². The lowest BCUT2D eigenvalue weighted by Crippen LogP contribution is -2.41. The molecule has 2 heterocycles. The summed E-state index contributed by atoms with van der Waals surface area (Å²) in [6, 6.07) is 0. The van der Waals surface area contributed by atoms with Crippen molar-refractivity contribution in [1.29, 1.82) is 0 Å². The van der Waals surface area contributed by atoms with E-state index in [0.717, 1.165) is 31.9 Å². The molecule has 1 aromatic heterocycles. The minimum Gasteiger partial charge on any atom is -0.370 e. The van der Waals surface area contributed by atoms with Crippen LogP contribution in [-0.2, 0) is 13.0 Å². The Balaban J connectivity index is 0.00000180. The van der Waals surface area contributed by atoms with Crippen LogP contribution in [-0.4, -0.2) is 45.3 Å². The highest BCUT2D eigenvalue weighted by molar-refractivity contribution is 14.0. The average molecular weight is 378 g/mol. The van der Waals surface area contributed by atoms with E-state index in [4.69, 9.17) is 5.73 Å². The van der Waals surface area contributed by atoms with Gasteiger partial charge in [0.1, 0.15) is 12.2 Å². The molecule has 0 aromatic carbocycles. The molecule has 1 aromatic rings. The topological polar surface area (TPSA) is 72.3 Å². The van der Waals surface area contributed by atoms with E-state index in [9.17, 15) is 0 Å². The predicted molar refractivity (Wildman–Crippen MR) is 86.7 cm³/mol. The van der Waals surface area contributed by atoms with Crippen LogP contribution >= 0.6 is 24.0 Å². The highest BCUT2D eigenvalue weighted by atomic mass is 127. The van der Waals surface area contributed by atoms with Crippen LogP contribution in [0.25, 0.3) is 0 Å². The molecule has 0 unspecified atom stereocenters. The summed E-state index contributed by atoms with van der Waals surface area (Å²) >= 11 is 0. The summed E-state index contributed by atoms with van der Waals surface area (Å²) in [6.07, 6.45) is 6.41. The molecule has 0 amide bonds. The largest absolute Gasteiger partial charge is 0.370 e. The van der Waals surface area contributed by atoms with E-state index in [-0.39, 0.29) is 24.0 Å². The molecule has 1 aliphatic heterocycles. The molecule has 7 heteroatoms. The Morgan fingerprint density at radius 3 is 2.79 bits per heavy atom. The lowest BCUT2D eigenvalue weighted by molar-refractivity contribution is 0.338. The number of aliphatic imine (C=N–C) groups is 1. The number of likely N-dealkylation sites (tertiary alicyclic amines) is 1. The second-order valence-corrected chi connectivity index (χ2v) is 4.58. The van der Waals surface area contributed by atoms with Gasteiger partial charge in [0.15, 0.2) is 5.96 Å². The highest BCUT2D eigenvalue weighted by Gasteiger charge is 2.11. The third kappa shape index (κ3) is 4.63. The molecule has 2 N–H and O–H groups in total. The molecule has 2 rings (SSSR count). The first kappa shape index (κ1) is 16.2. The number of rotatable bonds is 4. The number of nitrogens with two attached hydrogens (primary N) is 1. The van der Waals surface area contributed by atoms with Crippen LogP contribution in [0.15, 0.2) is 11.3 Å². The van der Waals surface area contributed by atoms with Crippen molar-refractivity contribution in [3.63, 3.8) is 0 Å². The van der Waals surface area contributed by atoms with Gasteiger partial charge in [0, 0.05) is 26.1 Å². The fourth-order valence-electron chi connectivity index (χ4n) is 2.23. The second kappa shape index (κ2) is 8.34. The Morgan fingerprint density at radius 2 is 2.11 bits per heavy atom. The molecule has 0 radical (unpaired) electrons. The van der Waals surface area contributed by atoms with E-state index in [0.29, 0.717) is 12.5 Å². The second-order valence-electron chi connectivity index (χ2n) is 4.58. The molecule has 0 aliphatic carbocycles. The molecule has 0 saturated carbocycles. The molecule has 0 atom stereocenters. The third-order valence-corrected chi connectivity index (χ3v) is 3.31. The number of nitrogens with zero attached hydrogens (tertiary/aromatic N) is 5. The van der Waals surface area contributed by atoms with E-state index in [2.05, 4.69) is 27.0 Å². The maximum atomic E-state index is 5.99. The molecular formula is C12H23IN6. The first-order chi connectivity index (χ1) is 8.81. The van der Waals surface area contributed by atoms with E-state index in [1.807, 2.05) is 4.57 Å². The zero-order valence-electron chi connectivity index (χ0n) is 11.5. The third-order valence-electron chi connectivity index (χ3n) is 3.31. The van der Waals surface area contributed by atoms with E-state index in [1.54, 1.807) is 6.33 Å². The van der Waals surface area contributed by atoms with E-state index in [1.165, 1.54) is 19.3 Å². The molecule has 1 fully saturated rings. The lowest BCUT2D eigenvalue weighted by Gasteiger charge is -2.27. The van der Waals surface area contributed by atoms with Gasteiger partial charge < -0.3 is 15.2 Å². The van der Waals surface area contributed by atoms with Gasteiger partial charge in [0.2, 0.25) is 0 Å². The van der Waals surface area contributed by atoms with Crippen molar-refractivity contribution < 1.29 is 0 Å². The zero-order chi connectivity index (χ0) is 12.8. The van der Waals surface area contributed by atoms with Crippen molar-refractivity contribution in [2.24, 2.45) is 10.7 Å².